The van der Waals surface area contributed by atoms with Crippen LogP contribution >= 0.6 is 0 Å². The molecule has 8 aliphatic rings. The number of phenols is 3. The van der Waals surface area contributed by atoms with E-state index in [0.29, 0.717) is 34.0 Å². The number of aromatic hydroxyl groups is 3. The Morgan fingerprint density at radius 2 is 0.756 bits per heavy atom. The first kappa shape index (κ1) is 24.6. The smallest absolute Gasteiger partial charge is 0.115 e. The fraction of sp³-hybridized carbons (Fsp3) is 0.526. The SMILES string of the molecule is Oc1ccc(C23CC4CC(C2)CC(C25CC6CC(c7ccc(O)cc7)(CC(c7ccc(O)cc7)(C6)C2)C5)(C4)C3)cc1. The largest absolute Gasteiger partial charge is 0.508 e. The Balaban J connectivity index is 1.21. The van der Waals surface area contributed by atoms with Gasteiger partial charge in [0.2, 0.25) is 0 Å². The third-order valence-corrected chi connectivity index (χ3v) is 13.7. The Kier molecular flexibility index (Phi) is 4.75. The lowest BCUT2D eigenvalue weighted by Crippen LogP contribution is -2.68. The molecule has 3 N–H and O–H groups in total. The molecule has 11 rings (SSSR count). The standard InChI is InChI=1S/C38H42O3/c39-31-7-1-28(2-8-31)34-14-25-13-26(15-34)19-37(18-25,22-34)38-20-27-16-35(23-38,29-3-9-32(40)10-4-29)21-36(17-27,24-38)30-5-11-33(41)12-6-30/h1-12,25-27,39-41H,13-24H2. The molecule has 8 aliphatic carbocycles. The van der Waals surface area contributed by atoms with E-state index in [-0.39, 0.29) is 16.2 Å². The summed E-state index contributed by atoms with van der Waals surface area (Å²) in [6.07, 6.45) is 15.8. The minimum Gasteiger partial charge on any atom is -0.508 e. The van der Waals surface area contributed by atoms with Crippen LogP contribution in [0.3, 0.4) is 0 Å². The van der Waals surface area contributed by atoms with Gasteiger partial charge in [0.15, 0.2) is 0 Å². The zero-order valence-electron chi connectivity index (χ0n) is 24.0. The van der Waals surface area contributed by atoms with Crippen molar-refractivity contribution in [2.45, 2.75) is 93.3 Å². The van der Waals surface area contributed by atoms with E-state index in [0.717, 1.165) is 11.8 Å². The van der Waals surface area contributed by atoms with E-state index >= 15 is 0 Å². The van der Waals surface area contributed by atoms with Crippen molar-refractivity contribution in [3.8, 4) is 17.2 Å². The predicted octanol–water partition coefficient (Wildman–Crippen LogP) is 8.50. The molecule has 0 radical (unpaired) electrons. The molecule has 4 unspecified atom stereocenters. The van der Waals surface area contributed by atoms with Crippen LogP contribution in [0.5, 0.6) is 17.2 Å². The maximum atomic E-state index is 10.2. The van der Waals surface area contributed by atoms with Crippen LogP contribution in [-0.4, -0.2) is 15.3 Å². The molecule has 3 heteroatoms. The molecular formula is C38H42O3. The molecule has 41 heavy (non-hydrogen) atoms. The van der Waals surface area contributed by atoms with E-state index in [1.54, 1.807) is 0 Å². The average Bonchev–Trinajstić information content (AvgIpc) is 2.92. The molecule has 3 aromatic carbocycles. The predicted molar refractivity (Wildman–Crippen MR) is 160 cm³/mol. The van der Waals surface area contributed by atoms with E-state index < -0.39 is 0 Å². The van der Waals surface area contributed by atoms with Gasteiger partial charge in [-0.05, 0) is 175 Å². The normalized spacial score (nSPS) is 43.5. The van der Waals surface area contributed by atoms with E-state index in [9.17, 15) is 15.3 Å². The third-order valence-electron chi connectivity index (χ3n) is 13.7. The van der Waals surface area contributed by atoms with Gasteiger partial charge in [0.25, 0.3) is 0 Å². The summed E-state index contributed by atoms with van der Waals surface area (Å²) >= 11 is 0. The number of benzene rings is 3. The lowest BCUT2D eigenvalue weighted by molar-refractivity contribution is -0.218. The van der Waals surface area contributed by atoms with Gasteiger partial charge in [-0.3, -0.25) is 0 Å². The Hall–Kier alpha value is -2.94. The number of rotatable bonds is 4. The van der Waals surface area contributed by atoms with Crippen LogP contribution in [0.15, 0.2) is 72.8 Å². The summed E-state index contributed by atoms with van der Waals surface area (Å²) in [6.45, 7) is 0. The monoisotopic (exact) mass is 546 g/mol. The summed E-state index contributed by atoms with van der Waals surface area (Å²) in [5.74, 6) is 3.43. The van der Waals surface area contributed by atoms with E-state index in [2.05, 4.69) is 36.4 Å². The zero-order valence-corrected chi connectivity index (χ0v) is 24.0. The van der Waals surface area contributed by atoms with Crippen molar-refractivity contribution in [1.82, 2.24) is 0 Å². The Labute approximate surface area is 243 Å². The first-order valence-corrected chi connectivity index (χ1v) is 16.1. The summed E-state index contributed by atoms with van der Waals surface area (Å²) in [5, 5.41) is 30.5. The van der Waals surface area contributed by atoms with Crippen molar-refractivity contribution in [3.63, 3.8) is 0 Å². The van der Waals surface area contributed by atoms with Gasteiger partial charge >= 0.3 is 0 Å². The highest BCUT2D eigenvalue weighted by molar-refractivity contribution is 5.43. The molecule has 8 bridgehead atoms. The summed E-state index contributed by atoms with van der Waals surface area (Å²) in [4.78, 5) is 0. The quantitative estimate of drug-likeness (QED) is 0.307. The summed E-state index contributed by atoms with van der Waals surface area (Å²) in [7, 11) is 0. The van der Waals surface area contributed by atoms with Gasteiger partial charge in [-0.1, -0.05) is 36.4 Å². The second kappa shape index (κ2) is 7.91. The van der Waals surface area contributed by atoms with Gasteiger partial charge < -0.3 is 15.3 Å². The molecule has 8 saturated carbocycles. The Bertz CT molecular complexity index is 1430. The summed E-state index contributed by atoms with van der Waals surface area (Å²) < 4.78 is 0. The second-order valence-corrected chi connectivity index (χ2v) is 16.0. The number of hydrogen-bond acceptors (Lipinski definition) is 3. The molecule has 0 saturated heterocycles. The molecule has 212 valence electrons. The Morgan fingerprint density at radius 1 is 0.390 bits per heavy atom. The number of phenolic OH excluding ortho intramolecular Hbond substituents is 3. The minimum absolute atomic E-state index is 0.139. The first-order chi connectivity index (χ1) is 19.7. The van der Waals surface area contributed by atoms with E-state index in [4.69, 9.17) is 0 Å². The fourth-order valence-corrected chi connectivity index (χ4v) is 13.3. The van der Waals surface area contributed by atoms with Gasteiger partial charge in [0.05, 0.1) is 0 Å². The van der Waals surface area contributed by atoms with Crippen LogP contribution in [0.1, 0.15) is 93.7 Å². The van der Waals surface area contributed by atoms with Gasteiger partial charge in [-0.15, -0.1) is 0 Å². The van der Waals surface area contributed by atoms with Gasteiger partial charge in [-0.2, -0.15) is 0 Å². The topological polar surface area (TPSA) is 60.7 Å². The maximum absolute atomic E-state index is 10.2. The third kappa shape index (κ3) is 3.32. The maximum Gasteiger partial charge on any atom is 0.115 e. The molecule has 3 nitrogen and oxygen atoms in total. The lowest BCUT2D eigenvalue weighted by atomic mass is 9.28. The average molecular weight is 547 g/mol. The van der Waals surface area contributed by atoms with Crippen molar-refractivity contribution >= 4 is 0 Å². The van der Waals surface area contributed by atoms with Gasteiger partial charge in [0.1, 0.15) is 17.2 Å². The Morgan fingerprint density at radius 3 is 1.22 bits per heavy atom. The molecule has 0 aliphatic heterocycles. The van der Waals surface area contributed by atoms with Crippen LogP contribution in [0.25, 0.3) is 0 Å². The van der Waals surface area contributed by atoms with Gasteiger partial charge in [0, 0.05) is 0 Å². The second-order valence-electron chi connectivity index (χ2n) is 16.0. The van der Waals surface area contributed by atoms with Gasteiger partial charge in [-0.25, -0.2) is 0 Å². The highest BCUT2D eigenvalue weighted by Gasteiger charge is 2.72. The minimum atomic E-state index is 0.139. The van der Waals surface area contributed by atoms with Crippen molar-refractivity contribution in [2.24, 2.45) is 28.6 Å². The first-order valence-electron chi connectivity index (χ1n) is 16.1. The fourth-order valence-electron chi connectivity index (χ4n) is 13.3. The van der Waals surface area contributed by atoms with Crippen molar-refractivity contribution < 1.29 is 15.3 Å². The molecule has 8 fully saturated rings. The molecule has 3 aromatic rings. The molecule has 0 heterocycles. The van der Waals surface area contributed by atoms with Crippen LogP contribution in [0, 0.1) is 28.6 Å². The zero-order chi connectivity index (χ0) is 27.7. The highest BCUT2D eigenvalue weighted by Crippen LogP contribution is 2.80. The summed E-state index contributed by atoms with van der Waals surface area (Å²) in [6, 6.07) is 24.9. The van der Waals surface area contributed by atoms with E-state index in [1.165, 1.54) is 93.7 Å². The molecule has 0 spiro atoms. The molecule has 0 amide bonds. The van der Waals surface area contributed by atoms with Crippen molar-refractivity contribution in [1.29, 1.82) is 0 Å². The van der Waals surface area contributed by atoms with Crippen LogP contribution in [0.4, 0.5) is 0 Å². The van der Waals surface area contributed by atoms with Crippen molar-refractivity contribution in [2.75, 3.05) is 0 Å². The van der Waals surface area contributed by atoms with Crippen molar-refractivity contribution in [3.05, 3.63) is 89.5 Å². The molecule has 4 atom stereocenters. The van der Waals surface area contributed by atoms with E-state index in [1.807, 2.05) is 36.4 Å². The van der Waals surface area contributed by atoms with Crippen LogP contribution < -0.4 is 0 Å². The number of hydrogen-bond donors (Lipinski definition) is 3. The molecule has 0 aromatic heterocycles. The van der Waals surface area contributed by atoms with Crippen LogP contribution in [0.2, 0.25) is 0 Å². The highest BCUT2D eigenvalue weighted by atomic mass is 16.3. The lowest BCUT2D eigenvalue weighted by Gasteiger charge is -2.76. The summed E-state index contributed by atoms with van der Waals surface area (Å²) in [5.41, 5.74) is 5.54. The van der Waals surface area contributed by atoms with Crippen LogP contribution in [-0.2, 0) is 16.2 Å². The molecular weight excluding hydrogens is 504 g/mol.